The number of pyridine rings is 6. The Hall–Kier alpha value is -6.07. The van der Waals surface area contributed by atoms with Gasteiger partial charge in [0.1, 0.15) is 0 Å². The molecule has 0 N–H and O–H groups in total. The molecule has 13 heteroatoms. The maximum Gasteiger partial charge on any atom is 3.00 e. The minimum Gasteiger partial charge on any atom is -0.550 e. The van der Waals surface area contributed by atoms with Crippen molar-refractivity contribution in [3.05, 3.63) is 146 Å². The Morgan fingerprint density at radius 3 is 0.551 bits per heavy atom. The van der Waals surface area contributed by atoms with Crippen molar-refractivity contribution >= 4 is 17.9 Å². The molecule has 1 radical (unpaired) electrons. The summed E-state index contributed by atoms with van der Waals surface area (Å²) in [6.45, 7) is 2.92. The second kappa shape index (κ2) is 27.1. The van der Waals surface area contributed by atoms with Crippen molar-refractivity contribution in [2.24, 2.45) is 0 Å². The van der Waals surface area contributed by atoms with Gasteiger partial charge in [0.15, 0.2) is 0 Å². The van der Waals surface area contributed by atoms with Gasteiger partial charge in [0.25, 0.3) is 0 Å². The number of hydrogen-bond donors (Lipinski definition) is 0. The average molecular weight is 747 g/mol. The Morgan fingerprint density at radius 1 is 0.347 bits per heavy atom. The zero-order chi connectivity index (χ0) is 35.4. The Morgan fingerprint density at radius 2 is 0.469 bits per heavy atom. The van der Waals surface area contributed by atoms with Crippen LogP contribution in [0.25, 0.3) is 34.2 Å². The molecule has 0 bridgehead atoms. The molecule has 0 aliphatic heterocycles. The monoisotopic (exact) mass is 747 g/mol. The standard InChI is InChI=1S/3C10H8N2.3C2H4O2.Ru/c3*1-3-7-11-9(5-1)10-6-2-4-8-12-10;3*1-2(3)4;/h3*1-8H;3*1H3,(H,3,4);/q;;;;;;+3/p-3. The topological polar surface area (TPSA) is 198 Å². The maximum atomic E-state index is 8.89. The number of nitrogens with zero attached hydrogens (tertiary/aromatic N) is 6. The molecule has 0 aliphatic rings. The van der Waals surface area contributed by atoms with E-state index >= 15 is 0 Å². The molecule has 0 saturated carbocycles. The molecule has 6 rings (SSSR count). The molecule has 0 aliphatic carbocycles. The summed E-state index contributed by atoms with van der Waals surface area (Å²) in [5.41, 5.74) is 5.49. The van der Waals surface area contributed by atoms with E-state index in [-0.39, 0.29) is 19.5 Å². The smallest absolute Gasteiger partial charge is 0.550 e. The first kappa shape index (κ1) is 42.9. The number of carboxylic acids is 3. The van der Waals surface area contributed by atoms with Crippen molar-refractivity contribution in [2.45, 2.75) is 20.8 Å². The van der Waals surface area contributed by atoms with E-state index in [0.29, 0.717) is 0 Å². The van der Waals surface area contributed by atoms with Crippen molar-refractivity contribution < 1.29 is 49.2 Å². The van der Waals surface area contributed by atoms with E-state index in [1.54, 1.807) is 37.2 Å². The molecule has 0 spiro atoms. The van der Waals surface area contributed by atoms with Gasteiger partial charge in [-0.25, -0.2) is 0 Å². The summed E-state index contributed by atoms with van der Waals surface area (Å²) in [6, 6.07) is 34.8. The van der Waals surface area contributed by atoms with E-state index in [4.69, 9.17) is 29.7 Å². The van der Waals surface area contributed by atoms with Gasteiger partial charge in [-0.1, -0.05) is 36.4 Å². The molecule has 0 saturated heterocycles. The Kier molecular flexibility index (Phi) is 23.7. The zero-order valence-electron chi connectivity index (χ0n) is 26.8. The number of carboxylic acid groups (broad SMARTS) is 3. The second-order valence-electron chi connectivity index (χ2n) is 8.76. The fraction of sp³-hybridized carbons (Fsp3) is 0.0833. The largest absolute Gasteiger partial charge is 3.00 e. The first-order chi connectivity index (χ1) is 23.1. The molecule has 12 nitrogen and oxygen atoms in total. The van der Waals surface area contributed by atoms with E-state index in [2.05, 4.69) is 29.9 Å². The van der Waals surface area contributed by atoms with Gasteiger partial charge in [-0.05, 0) is 93.6 Å². The van der Waals surface area contributed by atoms with Gasteiger partial charge >= 0.3 is 19.5 Å². The maximum absolute atomic E-state index is 8.89. The van der Waals surface area contributed by atoms with Crippen LogP contribution in [0.4, 0.5) is 0 Å². The molecule has 6 aromatic rings. The zero-order valence-corrected chi connectivity index (χ0v) is 28.6. The van der Waals surface area contributed by atoms with Gasteiger partial charge in [-0.2, -0.15) is 0 Å². The number of carbonyl (C=O) groups is 3. The van der Waals surface area contributed by atoms with Crippen LogP contribution in [-0.2, 0) is 33.9 Å². The Labute approximate surface area is 297 Å². The van der Waals surface area contributed by atoms with Crippen LogP contribution in [0.1, 0.15) is 20.8 Å². The summed E-state index contributed by atoms with van der Waals surface area (Å²) in [7, 11) is 0. The summed E-state index contributed by atoms with van der Waals surface area (Å²) in [4.78, 5) is 51.8. The molecular weight excluding hydrogens is 714 g/mol. The van der Waals surface area contributed by atoms with Gasteiger partial charge in [0.05, 0.1) is 34.2 Å². The SMILES string of the molecule is CC(=O)[O-].CC(=O)[O-].CC(=O)[O-].[Ru+3].c1ccc(-c2ccccn2)nc1.c1ccc(-c2ccccn2)nc1.c1ccc(-c2ccccn2)nc1. The van der Waals surface area contributed by atoms with Crippen molar-refractivity contribution in [1.82, 2.24) is 29.9 Å². The number of carbonyl (C=O) groups excluding carboxylic acids is 3. The predicted octanol–water partition coefficient (Wildman–Crippen LogP) is 2.70. The molecule has 6 aromatic heterocycles. The van der Waals surface area contributed by atoms with Crippen molar-refractivity contribution in [1.29, 1.82) is 0 Å². The molecule has 251 valence electrons. The third-order valence-electron chi connectivity index (χ3n) is 4.78. The van der Waals surface area contributed by atoms with Gasteiger partial charge in [0, 0.05) is 55.1 Å². The van der Waals surface area contributed by atoms with Gasteiger partial charge in [-0.15, -0.1) is 0 Å². The summed E-state index contributed by atoms with van der Waals surface area (Å²) >= 11 is 0. The van der Waals surface area contributed by atoms with Crippen LogP contribution in [0.2, 0.25) is 0 Å². The van der Waals surface area contributed by atoms with Crippen LogP contribution >= 0.6 is 0 Å². The van der Waals surface area contributed by atoms with Crippen molar-refractivity contribution in [3.63, 3.8) is 0 Å². The molecule has 0 aromatic carbocycles. The van der Waals surface area contributed by atoms with Crippen LogP contribution in [0, 0.1) is 0 Å². The van der Waals surface area contributed by atoms with Crippen LogP contribution < -0.4 is 15.3 Å². The summed E-state index contributed by atoms with van der Waals surface area (Å²) in [6.07, 6.45) is 10.6. The van der Waals surface area contributed by atoms with E-state index < -0.39 is 17.9 Å². The second-order valence-corrected chi connectivity index (χ2v) is 8.76. The van der Waals surface area contributed by atoms with Crippen LogP contribution in [-0.4, -0.2) is 47.8 Å². The fourth-order valence-electron chi connectivity index (χ4n) is 3.09. The quantitative estimate of drug-likeness (QED) is 0.241. The molecule has 0 fully saturated rings. The minimum atomic E-state index is -1.08. The average Bonchev–Trinajstić information content (AvgIpc) is 3.11. The minimum absolute atomic E-state index is 0. The third kappa shape index (κ3) is 23.0. The van der Waals surface area contributed by atoms with Crippen molar-refractivity contribution in [2.75, 3.05) is 0 Å². The van der Waals surface area contributed by atoms with E-state index in [0.717, 1.165) is 54.9 Å². The first-order valence-electron chi connectivity index (χ1n) is 14.1. The summed E-state index contributed by atoms with van der Waals surface area (Å²) < 4.78 is 0. The molecular formula is C36H33N6O6Ru. The Balaban J connectivity index is 0.000000602. The van der Waals surface area contributed by atoms with Crippen molar-refractivity contribution in [3.8, 4) is 34.2 Å². The number of hydrogen-bond acceptors (Lipinski definition) is 12. The van der Waals surface area contributed by atoms with Gasteiger partial charge < -0.3 is 29.7 Å². The molecule has 0 atom stereocenters. The number of rotatable bonds is 3. The van der Waals surface area contributed by atoms with Gasteiger partial charge in [-0.3, -0.25) is 29.9 Å². The molecule has 0 unspecified atom stereocenters. The van der Waals surface area contributed by atoms with Gasteiger partial charge in [0.2, 0.25) is 0 Å². The molecule has 0 amide bonds. The van der Waals surface area contributed by atoms with Crippen LogP contribution in [0.3, 0.4) is 0 Å². The molecule has 6 heterocycles. The van der Waals surface area contributed by atoms with Crippen LogP contribution in [0.15, 0.2) is 146 Å². The van der Waals surface area contributed by atoms with E-state index in [1.165, 1.54) is 0 Å². The predicted molar refractivity (Wildman–Crippen MR) is 174 cm³/mol. The summed E-state index contributed by atoms with van der Waals surface area (Å²) in [5, 5.41) is 26.7. The number of aliphatic carboxylic acids is 3. The fourth-order valence-corrected chi connectivity index (χ4v) is 3.09. The molecule has 49 heavy (non-hydrogen) atoms. The summed E-state index contributed by atoms with van der Waals surface area (Å²) in [5.74, 6) is -3.25. The third-order valence-corrected chi connectivity index (χ3v) is 4.78. The first-order valence-corrected chi connectivity index (χ1v) is 14.1. The Bertz CT molecular complexity index is 1380. The number of aromatic nitrogens is 6. The van der Waals surface area contributed by atoms with E-state index in [9.17, 15) is 0 Å². The normalized spacial score (nSPS) is 8.63. The van der Waals surface area contributed by atoms with Crippen LogP contribution in [0.5, 0.6) is 0 Å². The van der Waals surface area contributed by atoms with E-state index in [1.807, 2.05) is 109 Å².